The molecule has 0 aromatic heterocycles. The molecule has 0 heterocycles. The van der Waals surface area contributed by atoms with E-state index in [9.17, 15) is 0 Å². The summed E-state index contributed by atoms with van der Waals surface area (Å²) in [5.41, 5.74) is 0.424. The highest BCUT2D eigenvalue weighted by Crippen LogP contribution is 2.41. The van der Waals surface area contributed by atoms with E-state index in [1.165, 1.54) is 25.7 Å². The minimum Gasteiger partial charge on any atom is -0.396 e. The summed E-state index contributed by atoms with van der Waals surface area (Å²) in [7, 11) is 0. The van der Waals surface area contributed by atoms with Gasteiger partial charge in [-0.3, -0.25) is 0 Å². The molecule has 1 fully saturated rings. The van der Waals surface area contributed by atoms with Crippen molar-refractivity contribution < 1.29 is 5.11 Å². The summed E-state index contributed by atoms with van der Waals surface area (Å²) in [5, 5.41) is 13.4. The molecule has 0 radical (unpaired) electrons. The Morgan fingerprint density at radius 1 is 1.28 bits per heavy atom. The lowest BCUT2D eigenvalue weighted by molar-refractivity contribution is 0.165. The smallest absolute Gasteiger partial charge is 0.0521 e. The van der Waals surface area contributed by atoms with Crippen LogP contribution in [-0.2, 0) is 0 Å². The van der Waals surface area contributed by atoms with Crippen LogP contribution in [0.15, 0.2) is 0 Å². The largest absolute Gasteiger partial charge is 0.396 e. The van der Waals surface area contributed by atoms with Crippen LogP contribution < -0.4 is 5.32 Å². The number of hydrogen-bond donors (Lipinski definition) is 2. The van der Waals surface area contributed by atoms with Crippen molar-refractivity contribution in [3.63, 3.8) is 0 Å². The third-order valence-electron chi connectivity index (χ3n) is 4.10. The number of aliphatic hydroxyl groups excluding tert-OH is 1. The number of rotatable bonds is 6. The van der Waals surface area contributed by atoms with Crippen molar-refractivity contribution in [2.45, 2.75) is 64.7 Å². The second-order valence-corrected chi connectivity index (χ2v) is 7.92. The van der Waals surface area contributed by atoms with Gasteiger partial charge in [-0.1, -0.05) is 27.7 Å². The van der Waals surface area contributed by atoms with E-state index >= 15 is 0 Å². The molecule has 3 atom stereocenters. The minimum atomic E-state index is 0.307. The molecule has 2 N–H and O–H groups in total. The summed E-state index contributed by atoms with van der Waals surface area (Å²) in [6, 6.07) is 0.653. The van der Waals surface area contributed by atoms with Gasteiger partial charge in [0.25, 0.3) is 0 Å². The van der Waals surface area contributed by atoms with Gasteiger partial charge in [-0.2, -0.15) is 11.8 Å². The van der Waals surface area contributed by atoms with E-state index in [0.29, 0.717) is 23.3 Å². The van der Waals surface area contributed by atoms with Crippen molar-refractivity contribution in [3.8, 4) is 0 Å². The van der Waals surface area contributed by atoms with Crippen molar-refractivity contribution in [1.29, 1.82) is 0 Å². The van der Waals surface area contributed by atoms with Gasteiger partial charge < -0.3 is 10.4 Å². The lowest BCUT2D eigenvalue weighted by Crippen LogP contribution is -2.45. The zero-order valence-corrected chi connectivity index (χ0v) is 13.4. The summed E-state index contributed by atoms with van der Waals surface area (Å²) in [6.45, 7) is 10.8. The molecule has 0 bridgehead atoms. The second-order valence-electron chi connectivity index (χ2n) is 6.57. The first-order valence-electron chi connectivity index (χ1n) is 7.44. The Bertz CT molecular complexity index is 227. The maximum absolute atomic E-state index is 9.04. The Kier molecular flexibility index (Phi) is 7.04. The van der Waals surface area contributed by atoms with Gasteiger partial charge in [-0.15, -0.1) is 0 Å². The predicted octanol–water partition coefficient (Wildman–Crippen LogP) is 3.29. The van der Waals surface area contributed by atoms with Crippen molar-refractivity contribution in [2.24, 2.45) is 11.3 Å². The molecule has 0 saturated heterocycles. The average molecular weight is 273 g/mol. The van der Waals surface area contributed by atoms with E-state index in [-0.39, 0.29) is 0 Å². The van der Waals surface area contributed by atoms with Crippen molar-refractivity contribution in [3.05, 3.63) is 0 Å². The van der Waals surface area contributed by atoms with Crippen LogP contribution in [0, 0.1) is 11.3 Å². The summed E-state index contributed by atoms with van der Waals surface area (Å²) < 4.78 is 0. The Morgan fingerprint density at radius 3 is 2.56 bits per heavy atom. The average Bonchev–Trinajstić information content (AvgIpc) is 2.33. The van der Waals surface area contributed by atoms with Crippen molar-refractivity contribution >= 4 is 11.8 Å². The fraction of sp³-hybridized carbons (Fsp3) is 1.00. The predicted molar refractivity (Wildman–Crippen MR) is 82.2 cm³/mol. The Labute approximate surface area is 117 Å². The highest BCUT2D eigenvalue weighted by atomic mass is 32.2. The van der Waals surface area contributed by atoms with E-state index in [0.717, 1.165) is 18.2 Å². The second kappa shape index (κ2) is 7.76. The quantitative estimate of drug-likeness (QED) is 0.779. The van der Waals surface area contributed by atoms with E-state index in [2.05, 4.69) is 33.0 Å². The Morgan fingerprint density at radius 2 is 2.00 bits per heavy atom. The minimum absolute atomic E-state index is 0.307. The Balaban J connectivity index is 2.54. The first kappa shape index (κ1) is 16.3. The van der Waals surface area contributed by atoms with Crippen LogP contribution in [0.4, 0.5) is 0 Å². The van der Waals surface area contributed by atoms with Crippen LogP contribution >= 0.6 is 11.8 Å². The lowest BCUT2D eigenvalue weighted by atomic mass is 9.71. The fourth-order valence-corrected chi connectivity index (χ4v) is 4.11. The normalized spacial score (nSPS) is 29.5. The number of thioether (sulfide) groups is 1. The van der Waals surface area contributed by atoms with E-state index < -0.39 is 0 Å². The topological polar surface area (TPSA) is 32.3 Å². The first-order valence-corrected chi connectivity index (χ1v) is 8.49. The molecule has 0 amide bonds. The molecule has 1 rings (SSSR count). The van der Waals surface area contributed by atoms with Crippen LogP contribution in [0.25, 0.3) is 0 Å². The van der Waals surface area contributed by atoms with Crippen molar-refractivity contribution in [2.75, 3.05) is 18.9 Å². The molecular weight excluding hydrogens is 242 g/mol. The van der Waals surface area contributed by atoms with Gasteiger partial charge in [0.1, 0.15) is 0 Å². The molecule has 2 nitrogen and oxygen atoms in total. The zero-order valence-electron chi connectivity index (χ0n) is 12.5. The van der Waals surface area contributed by atoms with Crippen LogP contribution in [0.5, 0.6) is 0 Å². The van der Waals surface area contributed by atoms with Crippen LogP contribution in [0.2, 0.25) is 0 Å². The monoisotopic (exact) mass is 273 g/mol. The van der Waals surface area contributed by atoms with Crippen LogP contribution in [-0.4, -0.2) is 35.3 Å². The molecule has 1 aliphatic carbocycles. The molecule has 18 heavy (non-hydrogen) atoms. The van der Waals surface area contributed by atoms with Gasteiger partial charge in [0.05, 0.1) is 6.61 Å². The van der Waals surface area contributed by atoms with Gasteiger partial charge in [-0.25, -0.2) is 0 Å². The highest BCUT2D eigenvalue weighted by Gasteiger charge is 2.35. The maximum atomic E-state index is 9.04. The van der Waals surface area contributed by atoms with Gasteiger partial charge in [-0.05, 0) is 43.6 Å². The lowest BCUT2D eigenvalue weighted by Gasteiger charge is -2.42. The third kappa shape index (κ3) is 5.10. The van der Waals surface area contributed by atoms with Gasteiger partial charge in [0, 0.05) is 17.0 Å². The zero-order chi connectivity index (χ0) is 13.6. The molecule has 1 aliphatic rings. The fourth-order valence-electron chi connectivity index (χ4n) is 2.87. The molecule has 3 heteroatoms. The molecule has 0 spiro atoms. The van der Waals surface area contributed by atoms with Gasteiger partial charge >= 0.3 is 0 Å². The molecule has 108 valence electrons. The van der Waals surface area contributed by atoms with Crippen LogP contribution in [0.3, 0.4) is 0 Å². The Hall–Kier alpha value is 0.270. The summed E-state index contributed by atoms with van der Waals surface area (Å²) in [6.07, 6.45) is 5.15. The van der Waals surface area contributed by atoms with Crippen molar-refractivity contribution in [1.82, 2.24) is 5.32 Å². The van der Waals surface area contributed by atoms with Gasteiger partial charge in [0.15, 0.2) is 0 Å². The third-order valence-corrected chi connectivity index (χ3v) is 5.46. The van der Waals surface area contributed by atoms with E-state index in [1.807, 2.05) is 11.8 Å². The number of aliphatic hydroxyl groups is 1. The standard InChI is InChI=1S/C15H31NOS/c1-5-8-16-13-7-6-12(15(2,3)4)11-14(13)18-10-9-17/h12-14,16-17H,5-11H2,1-4H3. The number of hydrogen-bond acceptors (Lipinski definition) is 3. The molecule has 0 aliphatic heterocycles. The van der Waals surface area contributed by atoms with E-state index in [4.69, 9.17) is 5.11 Å². The summed E-state index contributed by atoms with van der Waals surface area (Å²) in [4.78, 5) is 0. The van der Waals surface area contributed by atoms with E-state index in [1.54, 1.807) is 0 Å². The first-order chi connectivity index (χ1) is 8.49. The molecule has 3 unspecified atom stereocenters. The SMILES string of the molecule is CCCNC1CCC(C(C)(C)C)CC1SCCO. The molecule has 1 saturated carbocycles. The highest BCUT2D eigenvalue weighted by molar-refractivity contribution is 7.99. The number of nitrogens with one attached hydrogen (secondary N) is 1. The van der Waals surface area contributed by atoms with Gasteiger partial charge in [0.2, 0.25) is 0 Å². The summed E-state index contributed by atoms with van der Waals surface area (Å²) in [5.74, 6) is 1.71. The molecular formula is C15H31NOS. The maximum Gasteiger partial charge on any atom is 0.0521 e. The van der Waals surface area contributed by atoms with Crippen LogP contribution in [0.1, 0.15) is 53.4 Å². The molecule has 0 aromatic rings. The molecule has 0 aromatic carbocycles. The summed E-state index contributed by atoms with van der Waals surface area (Å²) >= 11 is 1.96.